The van der Waals surface area contributed by atoms with Crippen molar-refractivity contribution < 1.29 is 27.9 Å². The third-order valence-electron chi connectivity index (χ3n) is 3.92. The number of carbonyl (C=O) groups excluding carboxylic acids is 1. The molecule has 0 saturated heterocycles. The summed E-state index contributed by atoms with van der Waals surface area (Å²) in [5, 5.41) is 2.91. The maximum Gasteiger partial charge on any atom is 0.387 e. The van der Waals surface area contributed by atoms with E-state index in [0.717, 1.165) is 27.3 Å². The number of aryl methyl sites for hydroxylation is 2. The molecule has 0 radical (unpaired) electrons. The van der Waals surface area contributed by atoms with Crippen molar-refractivity contribution >= 4 is 11.6 Å². The number of anilines is 1. The number of ether oxygens (including phenoxy) is 2. The van der Waals surface area contributed by atoms with Crippen LogP contribution in [0.2, 0.25) is 0 Å². The summed E-state index contributed by atoms with van der Waals surface area (Å²) in [5.74, 6) is 0.129. The Kier molecular flexibility index (Phi) is 7.12. The first-order chi connectivity index (χ1) is 12.8. The molecule has 1 unspecified atom stereocenters. The Hall–Kier alpha value is -2.67. The summed E-state index contributed by atoms with van der Waals surface area (Å²) in [7, 11) is 3.28. The van der Waals surface area contributed by atoms with Crippen molar-refractivity contribution in [2.24, 2.45) is 0 Å². The highest BCUT2D eigenvalue weighted by Crippen LogP contribution is 2.29. The minimum atomic E-state index is -2.91. The van der Waals surface area contributed by atoms with Crippen molar-refractivity contribution in [1.29, 1.82) is 0 Å². The van der Waals surface area contributed by atoms with Gasteiger partial charge in [0.15, 0.2) is 18.0 Å². The zero-order valence-electron chi connectivity index (χ0n) is 15.9. The monoisotopic (exact) mass is 379 g/mol. The fourth-order valence-corrected chi connectivity index (χ4v) is 2.95. The Morgan fingerprint density at radius 1 is 1.11 bits per heavy atom. The van der Waals surface area contributed by atoms with Crippen LogP contribution in [0.3, 0.4) is 0 Å². The lowest BCUT2D eigenvalue weighted by molar-refractivity contribution is -0.885. The van der Waals surface area contributed by atoms with Gasteiger partial charge in [0.25, 0.3) is 5.91 Å². The Labute approximate surface area is 157 Å². The van der Waals surface area contributed by atoms with E-state index in [0.29, 0.717) is 6.54 Å². The predicted octanol–water partition coefficient (Wildman–Crippen LogP) is 2.57. The molecule has 27 heavy (non-hydrogen) atoms. The van der Waals surface area contributed by atoms with Gasteiger partial charge in [-0.1, -0.05) is 6.07 Å². The lowest BCUT2D eigenvalue weighted by atomic mass is 10.1. The molecular formula is C20H25F2N2O3+. The summed E-state index contributed by atoms with van der Waals surface area (Å²) in [5.41, 5.74) is 3.80. The summed E-state index contributed by atoms with van der Waals surface area (Å²) < 4.78 is 34.3. The number of likely N-dealkylation sites (N-methyl/N-ethyl adjacent to an activating group) is 1. The van der Waals surface area contributed by atoms with Crippen molar-refractivity contribution in [3.63, 3.8) is 0 Å². The van der Waals surface area contributed by atoms with Gasteiger partial charge in [-0.15, -0.1) is 0 Å². The number of rotatable bonds is 8. The second-order valence-corrected chi connectivity index (χ2v) is 6.60. The van der Waals surface area contributed by atoms with E-state index in [1.807, 2.05) is 39.1 Å². The number of carbonyl (C=O) groups is 1. The fourth-order valence-electron chi connectivity index (χ4n) is 2.95. The first kappa shape index (κ1) is 20.6. The smallest absolute Gasteiger partial charge is 0.387 e. The minimum absolute atomic E-state index is 0.0125. The number of amides is 1. The quantitative estimate of drug-likeness (QED) is 0.741. The van der Waals surface area contributed by atoms with E-state index in [1.54, 1.807) is 12.1 Å². The average molecular weight is 379 g/mol. The van der Waals surface area contributed by atoms with Crippen LogP contribution in [0, 0.1) is 13.8 Å². The molecule has 0 aliphatic heterocycles. The van der Waals surface area contributed by atoms with Crippen molar-refractivity contribution in [2.75, 3.05) is 26.0 Å². The van der Waals surface area contributed by atoms with Gasteiger partial charge in [0.05, 0.1) is 14.2 Å². The first-order valence-electron chi connectivity index (χ1n) is 8.58. The molecule has 5 nitrogen and oxygen atoms in total. The topological polar surface area (TPSA) is 52.0 Å². The van der Waals surface area contributed by atoms with E-state index < -0.39 is 6.61 Å². The van der Waals surface area contributed by atoms with Crippen molar-refractivity contribution in [3.05, 3.63) is 53.1 Å². The van der Waals surface area contributed by atoms with E-state index in [2.05, 4.69) is 10.1 Å². The molecule has 0 bridgehead atoms. The summed E-state index contributed by atoms with van der Waals surface area (Å²) in [6.07, 6.45) is 0. The summed E-state index contributed by atoms with van der Waals surface area (Å²) in [6.45, 7) is 1.85. The van der Waals surface area contributed by atoms with Gasteiger partial charge in [0.2, 0.25) is 0 Å². The lowest BCUT2D eigenvalue weighted by Gasteiger charge is -2.16. The molecular weight excluding hydrogens is 354 g/mol. The van der Waals surface area contributed by atoms with Crippen LogP contribution < -0.4 is 19.7 Å². The average Bonchev–Trinajstić information content (AvgIpc) is 2.54. The van der Waals surface area contributed by atoms with Crippen LogP contribution in [0.15, 0.2) is 36.4 Å². The predicted molar refractivity (Wildman–Crippen MR) is 99.6 cm³/mol. The highest BCUT2D eigenvalue weighted by molar-refractivity contribution is 5.91. The van der Waals surface area contributed by atoms with Crippen LogP contribution in [0.1, 0.15) is 16.7 Å². The van der Waals surface area contributed by atoms with Gasteiger partial charge in [-0.2, -0.15) is 8.78 Å². The van der Waals surface area contributed by atoms with Crippen LogP contribution in [0.5, 0.6) is 11.5 Å². The second kappa shape index (κ2) is 9.32. The Bertz CT molecular complexity index is 777. The van der Waals surface area contributed by atoms with E-state index >= 15 is 0 Å². The number of hydrogen-bond donors (Lipinski definition) is 2. The zero-order valence-corrected chi connectivity index (χ0v) is 15.9. The molecule has 0 heterocycles. The second-order valence-electron chi connectivity index (χ2n) is 6.60. The van der Waals surface area contributed by atoms with Gasteiger partial charge in [0, 0.05) is 11.3 Å². The minimum Gasteiger partial charge on any atom is -0.493 e. The number of benzene rings is 2. The highest BCUT2D eigenvalue weighted by atomic mass is 19.3. The summed E-state index contributed by atoms with van der Waals surface area (Å²) >= 11 is 0. The van der Waals surface area contributed by atoms with E-state index in [-0.39, 0.29) is 24.0 Å². The summed E-state index contributed by atoms with van der Waals surface area (Å²) in [4.78, 5) is 13.2. The SMILES string of the molecule is COc1cc(C[NH+](C)CC(=O)Nc2cc(C)cc(C)c2)ccc1OC(F)F. The third-order valence-corrected chi connectivity index (χ3v) is 3.92. The fraction of sp³-hybridized carbons (Fsp3) is 0.350. The third kappa shape index (κ3) is 6.53. The van der Waals surface area contributed by atoms with Gasteiger partial charge in [-0.3, -0.25) is 4.79 Å². The van der Waals surface area contributed by atoms with Gasteiger partial charge in [-0.05, 0) is 55.3 Å². The number of nitrogens with one attached hydrogen (secondary N) is 2. The number of quaternary nitrogens is 1. The van der Waals surface area contributed by atoms with Gasteiger partial charge in [0.1, 0.15) is 6.54 Å². The molecule has 2 aromatic carbocycles. The molecule has 0 spiro atoms. The molecule has 1 amide bonds. The summed E-state index contributed by atoms with van der Waals surface area (Å²) in [6, 6.07) is 10.7. The zero-order chi connectivity index (χ0) is 20.0. The van der Waals surface area contributed by atoms with Crippen molar-refractivity contribution in [1.82, 2.24) is 0 Å². The first-order valence-corrected chi connectivity index (χ1v) is 8.58. The van der Waals surface area contributed by atoms with Crippen LogP contribution in [-0.4, -0.2) is 33.2 Å². The van der Waals surface area contributed by atoms with Crippen LogP contribution >= 0.6 is 0 Å². The molecule has 2 rings (SSSR count). The molecule has 7 heteroatoms. The highest BCUT2D eigenvalue weighted by Gasteiger charge is 2.15. The molecule has 0 saturated carbocycles. The van der Waals surface area contributed by atoms with Crippen LogP contribution in [0.25, 0.3) is 0 Å². The molecule has 1 atom stereocenters. The van der Waals surface area contributed by atoms with E-state index in [9.17, 15) is 13.6 Å². The number of hydrogen-bond acceptors (Lipinski definition) is 3. The number of halogens is 2. The van der Waals surface area contributed by atoms with Crippen LogP contribution in [0.4, 0.5) is 14.5 Å². The standard InChI is InChI=1S/C20H24F2N2O3/c1-13-7-14(2)9-16(8-13)23-19(25)12-24(3)11-15-5-6-17(27-20(21)22)18(10-15)26-4/h5-10,20H,11-12H2,1-4H3,(H,23,25)/p+1. The van der Waals surface area contributed by atoms with E-state index in [1.165, 1.54) is 13.2 Å². The maximum atomic E-state index is 12.4. The maximum absolute atomic E-state index is 12.4. The Balaban J connectivity index is 1.96. The Morgan fingerprint density at radius 3 is 2.37 bits per heavy atom. The largest absolute Gasteiger partial charge is 0.493 e. The van der Waals surface area contributed by atoms with Crippen molar-refractivity contribution in [2.45, 2.75) is 27.0 Å². The molecule has 146 valence electrons. The van der Waals surface area contributed by atoms with E-state index in [4.69, 9.17) is 4.74 Å². The van der Waals surface area contributed by atoms with Gasteiger partial charge in [-0.25, -0.2) is 0 Å². The molecule has 0 fully saturated rings. The molecule has 0 aliphatic rings. The Morgan fingerprint density at radius 2 is 1.78 bits per heavy atom. The molecule has 0 aromatic heterocycles. The number of methoxy groups -OCH3 is 1. The van der Waals surface area contributed by atoms with Crippen molar-refractivity contribution in [3.8, 4) is 11.5 Å². The molecule has 0 aliphatic carbocycles. The van der Waals surface area contributed by atoms with Gasteiger partial charge >= 0.3 is 6.61 Å². The lowest BCUT2D eigenvalue weighted by Crippen LogP contribution is -3.08. The molecule has 2 N–H and O–H groups in total. The van der Waals surface area contributed by atoms with Crippen LogP contribution in [-0.2, 0) is 11.3 Å². The normalized spacial score (nSPS) is 12.0. The number of alkyl halides is 2. The van der Waals surface area contributed by atoms with Gasteiger partial charge < -0.3 is 19.7 Å². The molecule has 2 aromatic rings.